The highest BCUT2D eigenvalue weighted by molar-refractivity contribution is 5.83. The Hall–Kier alpha value is -4.25. The zero-order valence-corrected chi connectivity index (χ0v) is 22.9. The molecule has 0 saturated carbocycles. The molecule has 1 aromatic carbocycles. The van der Waals surface area contributed by atoms with E-state index in [9.17, 15) is 19.8 Å². The quantitative estimate of drug-likeness (QED) is 0.329. The number of hydrogen-bond acceptors (Lipinski definition) is 10. The Balaban J connectivity index is 1.21. The molecule has 5 N–H and O–H groups in total. The molecule has 0 radical (unpaired) electrons. The van der Waals surface area contributed by atoms with Crippen molar-refractivity contribution in [2.24, 2.45) is 5.92 Å². The minimum absolute atomic E-state index is 0.103. The van der Waals surface area contributed by atoms with Gasteiger partial charge in [-0.05, 0) is 50.7 Å². The van der Waals surface area contributed by atoms with Gasteiger partial charge in [-0.15, -0.1) is 0 Å². The van der Waals surface area contributed by atoms with Crippen LogP contribution in [0.3, 0.4) is 0 Å². The second-order valence-corrected chi connectivity index (χ2v) is 10.2. The first-order valence-electron chi connectivity index (χ1n) is 13.6. The molecule has 3 aromatic rings. The molecular formula is C28H33N7O6. The molecule has 2 aliphatic heterocycles. The molecule has 2 saturated heterocycles. The number of amides is 2. The van der Waals surface area contributed by atoms with Crippen molar-refractivity contribution in [3.05, 3.63) is 42.0 Å². The fourth-order valence-corrected chi connectivity index (χ4v) is 4.93. The van der Waals surface area contributed by atoms with Gasteiger partial charge < -0.3 is 35.6 Å². The van der Waals surface area contributed by atoms with Crippen LogP contribution in [0.15, 0.2) is 30.6 Å². The first-order valence-corrected chi connectivity index (χ1v) is 13.6. The molecule has 13 heteroatoms. The van der Waals surface area contributed by atoms with E-state index in [2.05, 4.69) is 32.1 Å². The first kappa shape index (κ1) is 28.3. The predicted octanol–water partition coefficient (Wildman–Crippen LogP) is 1.12. The maximum atomic E-state index is 12.5. The number of rotatable bonds is 5. The molecule has 0 bridgehead atoms. The molecule has 216 valence electrons. The number of nitrogen functional groups attached to an aromatic ring is 1. The summed E-state index contributed by atoms with van der Waals surface area (Å²) in [5.74, 6) is 6.64. The number of nitrogens with one attached hydrogen (secondary N) is 1. The van der Waals surface area contributed by atoms with Crippen molar-refractivity contribution in [1.82, 2.24) is 29.7 Å². The maximum absolute atomic E-state index is 12.5. The molecule has 1 unspecified atom stereocenters. The number of imidazole rings is 1. The van der Waals surface area contributed by atoms with E-state index in [1.54, 1.807) is 24.0 Å². The highest BCUT2D eigenvalue weighted by atomic mass is 16.6. The summed E-state index contributed by atoms with van der Waals surface area (Å²) in [7, 11) is 0. The number of benzene rings is 1. The number of aliphatic hydroxyl groups is 2. The molecule has 13 nitrogen and oxygen atoms in total. The van der Waals surface area contributed by atoms with Gasteiger partial charge >= 0.3 is 6.09 Å². The first-order chi connectivity index (χ1) is 19.7. The summed E-state index contributed by atoms with van der Waals surface area (Å²) in [6.45, 7) is 5.23. The van der Waals surface area contributed by atoms with Crippen molar-refractivity contribution in [2.45, 2.75) is 57.6 Å². The molecule has 4 atom stereocenters. The zero-order chi connectivity index (χ0) is 29.1. The van der Waals surface area contributed by atoms with Crippen LogP contribution >= 0.6 is 0 Å². The van der Waals surface area contributed by atoms with Crippen LogP contribution in [0.25, 0.3) is 11.2 Å². The second kappa shape index (κ2) is 12.1. The number of ether oxygens (including phenoxy) is 2. The molecule has 2 fully saturated rings. The number of hydrogen-bond donors (Lipinski definition) is 4. The molecule has 2 aromatic heterocycles. The Morgan fingerprint density at radius 1 is 1.17 bits per heavy atom. The van der Waals surface area contributed by atoms with E-state index in [1.807, 2.05) is 19.1 Å². The predicted molar refractivity (Wildman–Crippen MR) is 147 cm³/mol. The highest BCUT2D eigenvalue weighted by Crippen LogP contribution is 2.32. The van der Waals surface area contributed by atoms with Crippen molar-refractivity contribution in [1.29, 1.82) is 0 Å². The van der Waals surface area contributed by atoms with Gasteiger partial charge in [-0.1, -0.05) is 23.6 Å². The molecule has 2 aliphatic rings. The van der Waals surface area contributed by atoms with Crippen LogP contribution in [0.4, 0.5) is 10.6 Å². The Labute approximate surface area is 236 Å². The number of aromatic nitrogens is 4. The smallest absolute Gasteiger partial charge is 0.410 e. The van der Waals surface area contributed by atoms with Crippen LogP contribution in [0, 0.1) is 24.7 Å². The van der Waals surface area contributed by atoms with Crippen molar-refractivity contribution >= 4 is 29.0 Å². The van der Waals surface area contributed by atoms with Gasteiger partial charge in [-0.2, -0.15) is 0 Å². The summed E-state index contributed by atoms with van der Waals surface area (Å²) in [5.41, 5.74) is 7.75. The number of likely N-dealkylation sites (tertiary alicyclic amines) is 1. The van der Waals surface area contributed by atoms with E-state index >= 15 is 0 Å². The van der Waals surface area contributed by atoms with Gasteiger partial charge in [0.05, 0.1) is 6.33 Å². The number of aliphatic hydroxyl groups excluding tert-OH is 2. The van der Waals surface area contributed by atoms with Gasteiger partial charge in [0.15, 0.2) is 23.8 Å². The van der Waals surface area contributed by atoms with Crippen LogP contribution in [0.2, 0.25) is 0 Å². The van der Waals surface area contributed by atoms with Crippen molar-refractivity contribution in [3.8, 4) is 17.6 Å². The van der Waals surface area contributed by atoms with E-state index in [0.717, 1.165) is 18.4 Å². The second-order valence-electron chi connectivity index (χ2n) is 10.2. The van der Waals surface area contributed by atoms with Gasteiger partial charge in [0.1, 0.15) is 23.5 Å². The number of anilines is 1. The number of fused-ring (bicyclic) bond motifs is 1. The van der Waals surface area contributed by atoms with E-state index in [1.165, 1.54) is 10.9 Å². The lowest BCUT2D eigenvalue weighted by Crippen LogP contribution is -2.42. The van der Waals surface area contributed by atoms with Gasteiger partial charge in [0.2, 0.25) is 5.82 Å². The average molecular weight is 564 g/mol. The number of aryl methyl sites for hydroxylation is 1. The van der Waals surface area contributed by atoms with Crippen LogP contribution in [-0.2, 0) is 9.53 Å². The third-order valence-corrected chi connectivity index (χ3v) is 7.26. The van der Waals surface area contributed by atoms with Gasteiger partial charge in [-0.3, -0.25) is 9.36 Å². The summed E-state index contributed by atoms with van der Waals surface area (Å²) in [5, 5.41) is 23.6. The summed E-state index contributed by atoms with van der Waals surface area (Å²) >= 11 is 0. The Kier molecular flexibility index (Phi) is 8.34. The number of piperidine rings is 1. The fourth-order valence-electron chi connectivity index (χ4n) is 4.93. The Morgan fingerprint density at radius 2 is 1.90 bits per heavy atom. The number of carbonyl (C=O) groups excluding carboxylic acids is 2. The standard InChI is InChI=1S/C28H33N7O6/c1-3-30-26(38)23-21(36)22(37)27(41-23)35-15-31-20-24(29)32-19(33-25(20)35)6-4-5-17-11-13-34(14-12-17)28(39)40-18-9-7-16(2)8-10-18/h7-10,15,17,21-23,27,36-37H,3,5,11-14H2,1-2H3,(H,30,38)(H2,29,32,33)/t21-,22?,23+,27-/m1/s1. The van der Waals surface area contributed by atoms with E-state index < -0.39 is 30.4 Å². The summed E-state index contributed by atoms with van der Waals surface area (Å²) in [6, 6.07) is 7.36. The van der Waals surface area contributed by atoms with Gasteiger partial charge in [0, 0.05) is 26.1 Å². The lowest BCUT2D eigenvalue weighted by Gasteiger charge is -2.30. The minimum Gasteiger partial charge on any atom is -0.410 e. The Bertz CT molecular complexity index is 1470. The van der Waals surface area contributed by atoms with Gasteiger partial charge in [0.25, 0.3) is 5.91 Å². The topological polar surface area (TPSA) is 178 Å². The molecule has 41 heavy (non-hydrogen) atoms. The number of likely N-dealkylation sites (N-methyl/N-ethyl adjacent to an activating group) is 1. The monoisotopic (exact) mass is 563 g/mol. The molecule has 0 spiro atoms. The molecule has 4 heterocycles. The SMILES string of the molecule is CCNC(=O)[C@H]1O[C@@H](n2cnc3c(N)nc(C#CCC4CCN(C(=O)Oc5ccc(C)cc5)CC4)nc32)C(O)[C@H]1O. The van der Waals surface area contributed by atoms with Crippen LogP contribution < -0.4 is 15.8 Å². The molecule has 0 aliphatic carbocycles. The number of nitrogens with zero attached hydrogens (tertiary/aromatic N) is 5. The van der Waals surface area contributed by atoms with E-state index in [-0.39, 0.29) is 28.9 Å². The largest absolute Gasteiger partial charge is 0.415 e. The van der Waals surface area contributed by atoms with E-state index in [0.29, 0.717) is 37.7 Å². The van der Waals surface area contributed by atoms with Crippen LogP contribution in [0.1, 0.15) is 43.8 Å². The van der Waals surface area contributed by atoms with Crippen LogP contribution in [0.5, 0.6) is 5.75 Å². The normalized spacial score (nSPS) is 22.8. The lowest BCUT2D eigenvalue weighted by atomic mass is 9.94. The molecule has 5 rings (SSSR count). The third-order valence-electron chi connectivity index (χ3n) is 7.26. The molecular weight excluding hydrogens is 530 g/mol. The van der Waals surface area contributed by atoms with E-state index in [4.69, 9.17) is 15.2 Å². The van der Waals surface area contributed by atoms with Crippen molar-refractivity contribution < 1.29 is 29.3 Å². The molecule has 2 amide bonds. The van der Waals surface area contributed by atoms with Crippen molar-refractivity contribution in [3.63, 3.8) is 0 Å². The third kappa shape index (κ3) is 6.09. The Morgan fingerprint density at radius 3 is 2.61 bits per heavy atom. The average Bonchev–Trinajstić information content (AvgIpc) is 3.51. The van der Waals surface area contributed by atoms with Crippen LogP contribution in [-0.4, -0.2) is 84.6 Å². The summed E-state index contributed by atoms with van der Waals surface area (Å²) in [4.78, 5) is 39.4. The van der Waals surface area contributed by atoms with Crippen molar-refractivity contribution in [2.75, 3.05) is 25.4 Å². The maximum Gasteiger partial charge on any atom is 0.415 e. The fraction of sp³-hybridized carbons (Fsp3) is 0.464. The lowest BCUT2D eigenvalue weighted by molar-refractivity contribution is -0.137. The zero-order valence-electron chi connectivity index (χ0n) is 22.9. The van der Waals surface area contributed by atoms with Gasteiger partial charge in [-0.25, -0.2) is 19.7 Å². The highest BCUT2D eigenvalue weighted by Gasteiger charge is 2.47. The summed E-state index contributed by atoms with van der Waals surface area (Å²) in [6.07, 6.45) is -2.01. The number of carbonyl (C=O) groups is 2. The number of nitrogens with two attached hydrogens (primary N) is 1. The summed E-state index contributed by atoms with van der Waals surface area (Å²) < 4.78 is 12.6. The minimum atomic E-state index is -1.43.